The minimum Gasteiger partial charge on any atom is -0.463 e. The fourth-order valence-electron chi connectivity index (χ4n) is 8.19. The number of aryl methyl sites for hydroxylation is 2. The molecule has 3 amide bonds. The third-order valence-corrected chi connectivity index (χ3v) is 11.1. The number of allylic oxidation sites excluding steroid dienone is 1. The Morgan fingerprint density at radius 2 is 1.61 bits per heavy atom. The number of hydrogen-bond acceptors (Lipinski definition) is 7. The second kappa shape index (κ2) is 14.2. The summed E-state index contributed by atoms with van der Waals surface area (Å²) < 4.78 is 13.0. The van der Waals surface area contributed by atoms with E-state index in [4.69, 9.17) is 9.47 Å². The summed E-state index contributed by atoms with van der Waals surface area (Å²) in [7, 11) is 0. The average molecular weight is 755 g/mol. The molecule has 51 heavy (non-hydrogen) atoms. The fourth-order valence-corrected chi connectivity index (χ4v) is 8.93. The second-order valence-electron chi connectivity index (χ2n) is 13.5. The Bertz CT molecular complexity index is 1880. The number of carbonyl (C=O) groups excluding carboxylic acids is 4. The zero-order valence-corrected chi connectivity index (χ0v) is 30.0. The van der Waals surface area contributed by atoms with Crippen molar-refractivity contribution in [2.75, 3.05) is 24.7 Å². The predicted molar refractivity (Wildman–Crippen MR) is 193 cm³/mol. The van der Waals surface area contributed by atoms with Crippen LogP contribution in [0.25, 0.3) is 0 Å². The van der Waals surface area contributed by atoms with Crippen LogP contribution in [-0.2, 0) is 28.7 Å². The van der Waals surface area contributed by atoms with Crippen molar-refractivity contribution < 1.29 is 33.8 Å². The first-order valence-corrected chi connectivity index (χ1v) is 18.0. The van der Waals surface area contributed by atoms with Gasteiger partial charge in [0.25, 0.3) is 5.91 Å². The SMILES string of the molecule is Cc1cccc(C)c1N1C/C=C\CCC(=O)OC[C@H](c2ccccc2)NC(=O)[C@H]2[C@@H]3O[C@@]4(C=C3Br)[C@@H]2C(=O)N([C@H](CO)c2ccccc2)[C@@H]4C1=O. The van der Waals surface area contributed by atoms with E-state index < -0.39 is 72.0 Å². The number of nitrogens with one attached hydrogen (secondary N) is 1. The maximum absolute atomic E-state index is 15.4. The van der Waals surface area contributed by atoms with Crippen molar-refractivity contribution in [2.24, 2.45) is 11.8 Å². The van der Waals surface area contributed by atoms with Crippen LogP contribution in [0.5, 0.6) is 0 Å². The molecule has 3 aromatic rings. The average Bonchev–Trinajstić information content (AvgIpc) is 3.72. The molecule has 3 aromatic carbocycles. The van der Waals surface area contributed by atoms with Crippen molar-refractivity contribution in [3.05, 3.63) is 124 Å². The summed E-state index contributed by atoms with van der Waals surface area (Å²) in [6.07, 6.45) is 5.10. The molecule has 4 aliphatic heterocycles. The van der Waals surface area contributed by atoms with Crippen molar-refractivity contribution in [3.63, 3.8) is 0 Å². The fraction of sp³-hybridized carbons (Fsp3) is 0.350. The standard InChI is InChI=1S/C40H40BrN3O7/c1-24-13-12-14-25(2)34(24)43-20-11-5-10-19-31(46)50-23-29(26-15-6-3-7-16-26)42-37(47)32-33-38(48)44(30(22-45)27-17-8-4-9-18-27)36(39(43)49)40(33)21-28(41)35(32)51-40/h3-9,11-18,21,29-30,32-33,35-36,45H,10,19-20,22-23H2,1-2H3,(H,42,47)/b11-5-/t29-,30-,32-,33+,35-,36-,40+/m1/s1. The number of aliphatic hydroxyl groups is 1. The van der Waals surface area contributed by atoms with E-state index >= 15 is 9.59 Å². The molecule has 2 fully saturated rings. The topological polar surface area (TPSA) is 125 Å². The number of ether oxygens (including phenoxy) is 2. The number of amides is 3. The largest absolute Gasteiger partial charge is 0.463 e. The number of rotatable bonds is 5. The molecule has 7 atom stereocenters. The minimum absolute atomic E-state index is 0.106. The molecule has 2 saturated heterocycles. The summed E-state index contributed by atoms with van der Waals surface area (Å²) in [5, 5.41) is 14.0. The molecule has 0 aliphatic carbocycles. The smallest absolute Gasteiger partial charge is 0.306 e. The first-order valence-electron chi connectivity index (χ1n) is 17.2. The number of esters is 1. The summed E-state index contributed by atoms with van der Waals surface area (Å²) in [4.78, 5) is 60.9. The van der Waals surface area contributed by atoms with Gasteiger partial charge in [0.15, 0.2) is 0 Å². The van der Waals surface area contributed by atoms with Crippen molar-refractivity contribution in [2.45, 2.75) is 56.5 Å². The van der Waals surface area contributed by atoms with E-state index in [-0.39, 0.29) is 19.6 Å². The van der Waals surface area contributed by atoms with E-state index in [0.29, 0.717) is 22.2 Å². The Balaban J connectivity index is 1.40. The zero-order chi connectivity index (χ0) is 35.9. The highest BCUT2D eigenvalue weighted by Crippen LogP contribution is 2.60. The molecule has 0 radical (unpaired) electrons. The maximum atomic E-state index is 15.4. The summed E-state index contributed by atoms with van der Waals surface area (Å²) in [5.74, 6) is -3.88. The number of nitrogens with zero attached hydrogens (tertiary/aromatic N) is 2. The number of fused-ring (bicyclic) bond motifs is 2. The molecule has 5 bridgehead atoms. The lowest BCUT2D eigenvalue weighted by atomic mass is 9.74. The number of benzene rings is 3. The number of anilines is 1. The van der Waals surface area contributed by atoms with Crippen LogP contribution in [0, 0.1) is 25.7 Å². The Morgan fingerprint density at radius 1 is 0.922 bits per heavy atom. The van der Waals surface area contributed by atoms with Gasteiger partial charge in [-0.3, -0.25) is 19.2 Å². The van der Waals surface area contributed by atoms with E-state index in [1.807, 2.05) is 105 Å². The van der Waals surface area contributed by atoms with Gasteiger partial charge in [0.2, 0.25) is 11.8 Å². The van der Waals surface area contributed by atoms with Gasteiger partial charge in [0.1, 0.15) is 24.4 Å². The molecule has 4 aliphatic rings. The minimum atomic E-state index is -1.52. The van der Waals surface area contributed by atoms with Gasteiger partial charge < -0.3 is 29.7 Å². The third-order valence-electron chi connectivity index (χ3n) is 10.5. The molecule has 4 heterocycles. The first kappa shape index (κ1) is 34.9. The molecule has 264 valence electrons. The zero-order valence-electron chi connectivity index (χ0n) is 28.4. The van der Waals surface area contributed by atoms with Crippen LogP contribution in [0.2, 0.25) is 0 Å². The molecule has 0 aromatic heterocycles. The Kier molecular flexibility index (Phi) is 9.71. The first-order chi connectivity index (χ1) is 24.7. The number of aliphatic hydroxyl groups excluding tert-OH is 1. The van der Waals surface area contributed by atoms with Crippen LogP contribution in [-0.4, -0.2) is 71.2 Å². The van der Waals surface area contributed by atoms with Gasteiger partial charge in [-0.25, -0.2) is 0 Å². The number of carbonyl (C=O) groups is 4. The summed E-state index contributed by atoms with van der Waals surface area (Å²) in [6, 6.07) is 21.2. The van der Waals surface area contributed by atoms with Crippen LogP contribution >= 0.6 is 15.9 Å². The van der Waals surface area contributed by atoms with E-state index in [1.54, 1.807) is 11.0 Å². The monoisotopic (exact) mass is 753 g/mol. The summed E-state index contributed by atoms with van der Waals surface area (Å²) >= 11 is 3.64. The van der Waals surface area contributed by atoms with E-state index in [2.05, 4.69) is 21.2 Å². The van der Waals surface area contributed by atoms with Crippen LogP contribution in [0.1, 0.15) is 47.2 Å². The lowest BCUT2D eigenvalue weighted by molar-refractivity contribution is -0.146. The van der Waals surface area contributed by atoms with Gasteiger partial charge in [0, 0.05) is 23.1 Å². The van der Waals surface area contributed by atoms with Crippen molar-refractivity contribution in [1.82, 2.24) is 10.2 Å². The Labute approximate surface area is 305 Å². The summed E-state index contributed by atoms with van der Waals surface area (Å²) in [5.41, 5.74) is 2.25. The van der Waals surface area contributed by atoms with Crippen LogP contribution in [0.15, 0.2) is 102 Å². The van der Waals surface area contributed by atoms with E-state index in [9.17, 15) is 14.7 Å². The van der Waals surface area contributed by atoms with Gasteiger partial charge in [-0.1, -0.05) is 107 Å². The Morgan fingerprint density at radius 3 is 2.29 bits per heavy atom. The van der Waals surface area contributed by atoms with Crippen molar-refractivity contribution in [3.8, 4) is 0 Å². The summed E-state index contributed by atoms with van der Waals surface area (Å²) in [6.45, 7) is 3.43. The molecule has 2 N–H and O–H groups in total. The lowest BCUT2D eigenvalue weighted by Gasteiger charge is -2.39. The van der Waals surface area contributed by atoms with Gasteiger partial charge in [-0.2, -0.15) is 0 Å². The molecular formula is C40H40BrN3O7. The second-order valence-corrected chi connectivity index (χ2v) is 14.5. The Hall–Kier alpha value is -4.58. The van der Waals surface area contributed by atoms with Crippen molar-refractivity contribution >= 4 is 45.3 Å². The number of para-hydroxylation sites is 1. The number of hydrogen-bond donors (Lipinski definition) is 2. The molecule has 0 unspecified atom stereocenters. The molecular weight excluding hydrogens is 714 g/mol. The molecule has 11 heteroatoms. The third kappa shape index (κ3) is 6.11. The highest BCUT2D eigenvalue weighted by atomic mass is 79.9. The van der Waals surface area contributed by atoms with E-state index in [1.165, 1.54) is 4.90 Å². The van der Waals surface area contributed by atoms with Crippen molar-refractivity contribution in [1.29, 1.82) is 0 Å². The van der Waals surface area contributed by atoms with Gasteiger partial charge >= 0.3 is 5.97 Å². The van der Waals surface area contributed by atoms with E-state index in [0.717, 1.165) is 16.7 Å². The van der Waals surface area contributed by atoms with Gasteiger partial charge in [-0.15, -0.1) is 0 Å². The molecule has 10 nitrogen and oxygen atoms in total. The van der Waals surface area contributed by atoms with Crippen LogP contribution in [0.4, 0.5) is 5.69 Å². The number of halogens is 1. The number of cyclic esters (lactones) is 1. The lowest BCUT2D eigenvalue weighted by Crippen LogP contribution is -2.57. The highest BCUT2D eigenvalue weighted by Gasteiger charge is 2.75. The molecule has 7 rings (SSSR count). The predicted octanol–water partition coefficient (Wildman–Crippen LogP) is 4.99. The maximum Gasteiger partial charge on any atom is 0.306 e. The number of likely N-dealkylation sites (tertiary alicyclic amines) is 1. The quantitative estimate of drug-likeness (QED) is 0.278. The molecule has 0 saturated carbocycles. The van der Waals surface area contributed by atoms with Gasteiger partial charge in [0.05, 0.1) is 30.5 Å². The van der Waals surface area contributed by atoms with Crippen LogP contribution < -0.4 is 10.2 Å². The van der Waals surface area contributed by atoms with Crippen LogP contribution in [0.3, 0.4) is 0 Å². The normalized spacial score (nSPS) is 29.3. The highest BCUT2D eigenvalue weighted by molar-refractivity contribution is 9.11. The molecule has 1 spiro atoms. The van der Waals surface area contributed by atoms with Gasteiger partial charge in [-0.05, 0) is 48.6 Å².